The second kappa shape index (κ2) is 10.2. The van der Waals surface area contributed by atoms with E-state index in [0.29, 0.717) is 35.7 Å². The van der Waals surface area contributed by atoms with Crippen molar-refractivity contribution in [3.05, 3.63) is 92.1 Å². The standard InChI is InChI=1S/C23H22ClN5O3S/c1-29-13-18(22(32)28-9-14-2-4-15(24)5-3-14)21(31)17-8-16(33-23(17)29)10-26-12-20(30)19-11-25-6-7-27-19/h2-8,11,13,20,26,30H,9-10,12H2,1H3,(H,28,32)/t20-/m1/s1. The van der Waals surface area contributed by atoms with Crippen molar-refractivity contribution in [2.75, 3.05) is 6.54 Å². The fourth-order valence-corrected chi connectivity index (χ4v) is 4.54. The van der Waals surface area contributed by atoms with Crippen LogP contribution in [0.3, 0.4) is 0 Å². The Morgan fingerprint density at radius 1 is 1.24 bits per heavy atom. The Hall–Kier alpha value is -3.11. The fraction of sp³-hybridized carbons (Fsp3) is 0.217. The van der Waals surface area contributed by atoms with Crippen molar-refractivity contribution in [3.63, 3.8) is 0 Å². The SMILES string of the molecule is Cn1cc(C(=O)NCc2ccc(Cl)cc2)c(=O)c2cc(CNC[C@@H](O)c3cnccn3)sc21. The molecule has 0 aliphatic rings. The van der Waals surface area contributed by atoms with Crippen LogP contribution in [0.25, 0.3) is 10.2 Å². The summed E-state index contributed by atoms with van der Waals surface area (Å²) in [6.07, 6.45) is 5.38. The summed E-state index contributed by atoms with van der Waals surface area (Å²) in [5.41, 5.74) is 1.16. The molecule has 170 valence electrons. The summed E-state index contributed by atoms with van der Waals surface area (Å²) in [6, 6.07) is 8.94. The molecule has 3 heterocycles. The average molecular weight is 484 g/mol. The van der Waals surface area contributed by atoms with E-state index in [2.05, 4.69) is 20.6 Å². The van der Waals surface area contributed by atoms with Crippen molar-refractivity contribution in [1.29, 1.82) is 0 Å². The first-order valence-electron chi connectivity index (χ1n) is 10.2. The van der Waals surface area contributed by atoms with Crippen LogP contribution in [0.2, 0.25) is 5.02 Å². The number of aryl methyl sites for hydroxylation is 1. The smallest absolute Gasteiger partial charge is 0.257 e. The Kier molecular flexibility index (Phi) is 7.14. The number of carbonyl (C=O) groups excluding carboxylic acids is 1. The molecule has 4 rings (SSSR count). The number of carbonyl (C=O) groups is 1. The normalized spacial score (nSPS) is 12.1. The fourth-order valence-electron chi connectivity index (χ4n) is 3.36. The van der Waals surface area contributed by atoms with Crippen molar-refractivity contribution >= 4 is 39.1 Å². The van der Waals surface area contributed by atoms with E-state index < -0.39 is 12.0 Å². The molecule has 0 unspecified atom stereocenters. The van der Waals surface area contributed by atoms with Crippen LogP contribution in [0.15, 0.2) is 59.9 Å². The molecule has 0 radical (unpaired) electrons. The molecule has 0 aliphatic carbocycles. The van der Waals surface area contributed by atoms with Crippen molar-refractivity contribution < 1.29 is 9.90 Å². The van der Waals surface area contributed by atoms with Crippen LogP contribution in [0.1, 0.15) is 32.6 Å². The van der Waals surface area contributed by atoms with Gasteiger partial charge in [-0.2, -0.15) is 0 Å². The zero-order chi connectivity index (χ0) is 23.4. The van der Waals surface area contributed by atoms with Gasteiger partial charge in [0.15, 0.2) is 0 Å². The number of aromatic nitrogens is 3. The van der Waals surface area contributed by atoms with Crippen molar-refractivity contribution in [2.24, 2.45) is 7.05 Å². The van der Waals surface area contributed by atoms with Gasteiger partial charge in [-0.15, -0.1) is 11.3 Å². The molecule has 33 heavy (non-hydrogen) atoms. The Morgan fingerprint density at radius 2 is 2.03 bits per heavy atom. The van der Waals surface area contributed by atoms with Gasteiger partial charge in [0, 0.05) is 55.2 Å². The van der Waals surface area contributed by atoms with Gasteiger partial charge in [-0.05, 0) is 23.8 Å². The van der Waals surface area contributed by atoms with Gasteiger partial charge in [0.1, 0.15) is 16.5 Å². The van der Waals surface area contributed by atoms with Crippen LogP contribution in [-0.4, -0.2) is 32.1 Å². The Bertz CT molecular complexity index is 1320. The van der Waals surface area contributed by atoms with E-state index in [-0.39, 0.29) is 11.0 Å². The van der Waals surface area contributed by atoms with Crippen LogP contribution >= 0.6 is 22.9 Å². The third kappa shape index (κ3) is 5.45. The minimum atomic E-state index is -0.782. The van der Waals surface area contributed by atoms with Gasteiger partial charge in [-0.25, -0.2) is 0 Å². The number of hydrogen-bond acceptors (Lipinski definition) is 7. The molecule has 3 N–H and O–H groups in total. The third-order valence-electron chi connectivity index (χ3n) is 5.07. The van der Waals surface area contributed by atoms with Gasteiger partial charge in [-0.3, -0.25) is 19.6 Å². The number of pyridine rings is 1. The summed E-state index contributed by atoms with van der Waals surface area (Å²) in [5.74, 6) is -0.426. The van der Waals surface area contributed by atoms with Crippen LogP contribution in [0.5, 0.6) is 0 Å². The molecule has 1 aromatic carbocycles. The van der Waals surface area contributed by atoms with E-state index in [0.717, 1.165) is 15.3 Å². The second-order valence-electron chi connectivity index (χ2n) is 7.50. The molecule has 0 bridgehead atoms. The summed E-state index contributed by atoms with van der Waals surface area (Å²) >= 11 is 7.35. The zero-order valence-corrected chi connectivity index (χ0v) is 19.4. The first kappa shape index (κ1) is 23.1. The summed E-state index contributed by atoms with van der Waals surface area (Å²) in [4.78, 5) is 35.4. The molecular weight excluding hydrogens is 462 g/mol. The number of aliphatic hydroxyl groups is 1. The number of amides is 1. The van der Waals surface area contributed by atoms with Gasteiger partial charge in [-0.1, -0.05) is 23.7 Å². The van der Waals surface area contributed by atoms with E-state index in [4.69, 9.17) is 11.6 Å². The molecule has 0 fully saturated rings. The van der Waals surface area contributed by atoms with E-state index in [9.17, 15) is 14.7 Å². The molecule has 0 spiro atoms. The lowest BCUT2D eigenvalue weighted by atomic mass is 10.2. The predicted molar refractivity (Wildman–Crippen MR) is 128 cm³/mol. The maximum atomic E-state index is 13.0. The number of hydrogen-bond donors (Lipinski definition) is 3. The molecule has 10 heteroatoms. The number of nitrogens with zero attached hydrogens (tertiary/aromatic N) is 3. The van der Waals surface area contributed by atoms with E-state index in [1.54, 1.807) is 35.2 Å². The van der Waals surface area contributed by atoms with Crippen LogP contribution < -0.4 is 16.1 Å². The second-order valence-corrected chi connectivity index (χ2v) is 9.05. The minimum absolute atomic E-state index is 0.0920. The first-order valence-corrected chi connectivity index (χ1v) is 11.4. The third-order valence-corrected chi connectivity index (χ3v) is 6.55. The lowest BCUT2D eigenvalue weighted by Crippen LogP contribution is -2.29. The molecule has 0 aliphatic heterocycles. The number of fused-ring (bicyclic) bond motifs is 1. The Labute approximate surface area is 198 Å². The summed E-state index contributed by atoms with van der Waals surface area (Å²) in [5, 5.41) is 17.3. The highest BCUT2D eigenvalue weighted by Crippen LogP contribution is 2.23. The van der Waals surface area contributed by atoms with Gasteiger partial charge in [0.05, 0.1) is 17.3 Å². The van der Waals surface area contributed by atoms with Gasteiger partial charge in [0.2, 0.25) is 5.43 Å². The summed E-state index contributed by atoms with van der Waals surface area (Å²) in [6.45, 7) is 1.06. The van der Waals surface area contributed by atoms with Gasteiger partial charge < -0.3 is 20.3 Å². The highest BCUT2D eigenvalue weighted by Gasteiger charge is 2.17. The highest BCUT2D eigenvalue weighted by atomic mass is 35.5. The molecule has 0 saturated carbocycles. The van der Waals surface area contributed by atoms with E-state index >= 15 is 0 Å². The number of nitrogens with one attached hydrogen (secondary N) is 2. The number of thiophene rings is 1. The predicted octanol–water partition coefficient (Wildman–Crippen LogP) is 2.80. The highest BCUT2D eigenvalue weighted by molar-refractivity contribution is 7.18. The first-order chi connectivity index (χ1) is 15.9. The number of halogens is 1. The van der Waals surface area contributed by atoms with Crippen molar-refractivity contribution in [3.8, 4) is 0 Å². The topological polar surface area (TPSA) is 109 Å². The van der Waals surface area contributed by atoms with Crippen molar-refractivity contribution in [1.82, 2.24) is 25.2 Å². The molecule has 8 nitrogen and oxygen atoms in total. The van der Waals surface area contributed by atoms with E-state index in [1.165, 1.54) is 23.7 Å². The molecule has 1 amide bonds. The van der Waals surface area contributed by atoms with Gasteiger partial charge in [0.25, 0.3) is 5.91 Å². The monoisotopic (exact) mass is 483 g/mol. The van der Waals surface area contributed by atoms with Crippen LogP contribution in [-0.2, 0) is 20.1 Å². The largest absolute Gasteiger partial charge is 0.385 e. The summed E-state index contributed by atoms with van der Waals surface area (Å²) in [7, 11) is 1.81. The lowest BCUT2D eigenvalue weighted by molar-refractivity contribution is 0.0949. The molecule has 3 aromatic heterocycles. The Balaban J connectivity index is 1.44. The van der Waals surface area contributed by atoms with Crippen molar-refractivity contribution in [2.45, 2.75) is 19.2 Å². The number of aliphatic hydroxyl groups excluding tert-OH is 1. The molecular formula is C23H22ClN5O3S. The van der Waals surface area contributed by atoms with Crippen LogP contribution in [0.4, 0.5) is 0 Å². The molecule has 1 atom stereocenters. The minimum Gasteiger partial charge on any atom is -0.385 e. The van der Waals surface area contributed by atoms with E-state index in [1.807, 2.05) is 19.2 Å². The van der Waals surface area contributed by atoms with Gasteiger partial charge >= 0.3 is 0 Å². The maximum Gasteiger partial charge on any atom is 0.257 e. The molecule has 4 aromatic rings. The summed E-state index contributed by atoms with van der Waals surface area (Å²) < 4.78 is 1.79. The zero-order valence-electron chi connectivity index (χ0n) is 17.8. The maximum absolute atomic E-state index is 13.0. The lowest BCUT2D eigenvalue weighted by Gasteiger charge is -2.09. The number of benzene rings is 1. The quantitative estimate of drug-likeness (QED) is 0.355. The van der Waals surface area contributed by atoms with Crippen LogP contribution in [0, 0.1) is 0 Å². The average Bonchev–Trinajstić information content (AvgIpc) is 3.26. The number of rotatable bonds is 8. The Morgan fingerprint density at radius 3 is 2.76 bits per heavy atom. The molecule has 0 saturated heterocycles.